The van der Waals surface area contributed by atoms with Gasteiger partial charge >= 0.3 is 19.8 Å². The van der Waals surface area contributed by atoms with E-state index in [1.165, 1.54) is 225 Å². The predicted octanol–water partition coefficient (Wildman–Crippen LogP) is 19.2. The number of nitrogens with two attached hydrogens (primary N) is 1. The van der Waals surface area contributed by atoms with Crippen LogP contribution in [-0.2, 0) is 32.7 Å². The zero-order valence-corrected chi connectivity index (χ0v) is 47.6. The number of rotatable bonds is 58. The number of ether oxygens (including phenoxy) is 2. The monoisotopic (exact) mass is 1020 g/mol. The highest BCUT2D eigenvalue weighted by Crippen LogP contribution is 2.43. The van der Waals surface area contributed by atoms with Crippen LogP contribution < -0.4 is 5.73 Å². The van der Waals surface area contributed by atoms with Gasteiger partial charge in [0.2, 0.25) is 0 Å². The smallest absolute Gasteiger partial charge is 0.462 e. The highest BCUT2D eigenvalue weighted by molar-refractivity contribution is 7.47. The molecule has 0 saturated carbocycles. The van der Waals surface area contributed by atoms with Crippen molar-refractivity contribution in [3.8, 4) is 0 Å². The molecule has 0 aliphatic heterocycles. The fraction of sp³-hybridized carbons (Fsp3) is 0.869. The van der Waals surface area contributed by atoms with E-state index in [4.69, 9.17) is 24.3 Å². The van der Waals surface area contributed by atoms with Gasteiger partial charge in [-0.2, -0.15) is 0 Å². The van der Waals surface area contributed by atoms with E-state index in [1.54, 1.807) is 0 Å². The minimum atomic E-state index is -4.39. The quantitative estimate of drug-likeness (QED) is 0.0264. The topological polar surface area (TPSA) is 134 Å². The van der Waals surface area contributed by atoms with Crippen LogP contribution in [-0.4, -0.2) is 49.3 Å². The summed E-state index contributed by atoms with van der Waals surface area (Å²) in [5.41, 5.74) is 5.38. The Bertz CT molecular complexity index is 1260. The van der Waals surface area contributed by atoms with E-state index in [9.17, 15) is 19.0 Å². The number of carbonyl (C=O) groups excluding carboxylic acids is 2. The summed E-state index contributed by atoms with van der Waals surface area (Å²) in [7, 11) is -4.39. The van der Waals surface area contributed by atoms with Crippen LogP contribution in [0.4, 0.5) is 0 Å². The van der Waals surface area contributed by atoms with Gasteiger partial charge in [0.25, 0.3) is 0 Å². The Labute approximate surface area is 439 Å². The Kier molecular flexibility index (Phi) is 56.1. The van der Waals surface area contributed by atoms with Gasteiger partial charge in [-0.1, -0.05) is 262 Å². The largest absolute Gasteiger partial charge is 0.472 e. The minimum absolute atomic E-state index is 0.0539. The second kappa shape index (κ2) is 57.5. The third kappa shape index (κ3) is 57.4. The molecule has 418 valence electrons. The van der Waals surface area contributed by atoms with Crippen LogP contribution in [0.5, 0.6) is 0 Å². The molecule has 0 aliphatic carbocycles. The molecule has 0 radical (unpaired) electrons. The number of hydrogen-bond acceptors (Lipinski definition) is 8. The Balaban J connectivity index is 3.86. The summed E-state index contributed by atoms with van der Waals surface area (Å²) in [4.78, 5) is 35.2. The first-order valence-corrected chi connectivity index (χ1v) is 32.0. The van der Waals surface area contributed by atoms with Gasteiger partial charge in [0.1, 0.15) is 6.61 Å². The minimum Gasteiger partial charge on any atom is -0.462 e. The maximum Gasteiger partial charge on any atom is 0.472 e. The third-order valence-electron chi connectivity index (χ3n) is 13.5. The van der Waals surface area contributed by atoms with Crippen LogP contribution in [0, 0.1) is 0 Å². The summed E-state index contributed by atoms with van der Waals surface area (Å²) in [5.74, 6) is -0.818. The van der Waals surface area contributed by atoms with Crippen molar-refractivity contribution in [3.05, 3.63) is 36.5 Å². The molecular formula is C61H116NO8P. The van der Waals surface area contributed by atoms with Crippen LogP contribution in [0.15, 0.2) is 36.5 Å². The van der Waals surface area contributed by atoms with E-state index in [2.05, 4.69) is 50.3 Å². The van der Waals surface area contributed by atoms with Gasteiger partial charge < -0.3 is 20.1 Å². The van der Waals surface area contributed by atoms with Crippen LogP contribution in [0.3, 0.4) is 0 Å². The average Bonchev–Trinajstić information content (AvgIpc) is 3.36. The van der Waals surface area contributed by atoms with Gasteiger partial charge in [0.05, 0.1) is 13.2 Å². The maximum atomic E-state index is 12.7. The molecule has 9 nitrogen and oxygen atoms in total. The van der Waals surface area contributed by atoms with Crippen molar-refractivity contribution < 1.29 is 37.6 Å². The summed E-state index contributed by atoms with van der Waals surface area (Å²) in [6.07, 6.45) is 69.3. The summed E-state index contributed by atoms with van der Waals surface area (Å²) in [6, 6.07) is 0. The fourth-order valence-electron chi connectivity index (χ4n) is 8.96. The molecule has 0 rings (SSSR count). The molecule has 2 unspecified atom stereocenters. The van der Waals surface area contributed by atoms with Crippen molar-refractivity contribution in [2.24, 2.45) is 5.73 Å². The third-order valence-corrected chi connectivity index (χ3v) is 14.5. The molecule has 0 aromatic heterocycles. The van der Waals surface area contributed by atoms with Crippen molar-refractivity contribution >= 4 is 19.8 Å². The van der Waals surface area contributed by atoms with Gasteiger partial charge in [-0.15, -0.1) is 0 Å². The Hall–Kier alpha value is -1.77. The summed E-state index contributed by atoms with van der Waals surface area (Å²) < 4.78 is 33.1. The van der Waals surface area contributed by atoms with Gasteiger partial charge in [-0.25, -0.2) is 4.57 Å². The lowest BCUT2D eigenvalue weighted by atomic mass is 10.0. The molecule has 0 fully saturated rings. The summed E-state index contributed by atoms with van der Waals surface area (Å²) >= 11 is 0. The highest BCUT2D eigenvalue weighted by Gasteiger charge is 2.26. The molecule has 2 atom stereocenters. The van der Waals surface area contributed by atoms with E-state index in [0.29, 0.717) is 6.42 Å². The van der Waals surface area contributed by atoms with Crippen LogP contribution >= 0.6 is 7.82 Å². The zero-order chi connectivity index (χ0) is 51.7. The van der Waals surface area contributed by atoms with Gasteiger partial charge in [-0.3, -0.25) is 18.6 Å². The zero-order valence-electron chi connectivity index (χ0n) is 46.7. The molecule has 0 saturated heterocycles. The Morgan fingerprint density at radius 3 is 1.11 bits per heavy atom. The molecule has 0 bridgehead atoms. The van der Waals surface area contributed by atoms with Gasteiger partial charge in [-0.05, 0) is 70.6 Å². The molecule has 71 heavy (non-hydrogen) atoms. The van der Waals surface area contributed by atoms with Gasteiger partial charge in [0.15, 0.2) is 6.10 Å². The summed E-state index contributed by atoms with van der Waals surface area (Å²) in [5, 5.41) is 0. The second-order valence-corrected chi connectivity index (χ2v) is 22.0. The first-order chi connectivity index (χ1) is 34.8. The number of allylic oxidation sites excluding steroid dienone is 6. The standard InChI is InChI=1S/C61H116NO8P/c1-3-5-7-9-11-13-15-17-19-21-23-24-25-26-27-28-29-30-31-32-33-34-36-37-39-41-43-45-47-49-51-53-60(63)67-57-59(58-69-71(65,66)68-56-55-62)70-61(64)54-52-50-48-46-44-42-40-38-35-22-20-18-16-14-12-10-8-6-4-2/h12,14,18,20-21,23,59H,3-11,13,15-17,19,22,24-58,62H2,1-2H3,(H,65,66)/b14-12-,20-18-,23-21-. The lowest BCUT2D eigenvalue weighted by Gasteiger charge is -2.19. The van der Waals surface area contributed by atoms with Crippen molar-refractivity contribution in [1.29, 1.82) is 0 Å². The fourth-order valence-corrected chi connectivity index (χ4v) is 9.72. The molecule has 0 heterocycles. The lowest BCUT2D eigenvalue weighted by molar-refractivity contribution is -0.161. The van der Waals surface area contributed by atoms with E-state index in [0.717, 1.165) is 51.4 Å². The number of phosphoric ester groups is 1. The molecular weight excluding hydrogens is 906 g/mol. The van der Waals surface area contributed by atoms with E-state index in [1.807, 2.05) is 0 Å². The van der Waals surface area contributed by atoms with E-state index in [-0.39, 0.29) is 38.6 Å². The van der Waals surface area contributed by atoms with Crippen LogP contribution in [0.1, 0.15) is 309 Å². The average molecular weight is 1020 g/mol. The van der Waals surface area contributed by atoms with Crippen molar-refractivity contribution in [3.63, 3.8) is 0 Å². The predicted molar refractivity (Wildman–Crippen MR) is 303 cm³/mol. The molecule has 0 aromatic carbocycles. The molecule has 10 heteroatoms. The molecule has 3 N–H and O–H groups in total. The second-order valence-electron chi connectivity index (χ2n) is 20.6. The Morgan fingerprint density at radius 1 is 0.423 bits per heavy atom. The molecule has 0 aliphatic rings. The van der Waals surface area contributed by atoms with Crippen LogP contribution in [0.25, 0.3) is 0 Å². The first kappa shape index (κ1) is 69.2. The molecule has 0 spiro atoms. The van der Waals surface area contributed by atoms with Crippen molar-refractivity contribution in [2.75, 3.05) is 26.4 Å². The number of esters is 2. The van der Waals surface area contributed by atoms with Crippen LogP contribution in [0.2, 0.25) is 0 Å². The van der Waals surface area contributed by atoms with Crippen molar-refractivity contribution in [2.45, 2.75) is 315 Å². The Morgan fingerprint density at radius 2 is 0.732 bits per heavy atom. The van der Waals surface area contributed by atoms with E-state index >= 15 is 0 Å². The van der Waals surface area contributed by atoms with E-state index < -0.39 is 26.5 Å². The first-order valence-electron chi connectivity index (χ1n) is 30.5. The molecule has 0 amide bonds. The normalized spacial score (nSPS) is 13.2. The van der Waals surface area contributed by atoms with Crippen molar-refractivity contribution in [1.82, 2.24) is 0 Å². The number of carbonyl (C=O) groups is 2. The van der Waals surface area contributed by atoms with Gasteiger partial charge in [0, 0.05) is 19.4 Å². The highest BCUT2D eigenvalue weighted by atomic mass is 31.2. The number of phosphoric acid groups is 1. The maximum absolute atomic E-state index is 12.7. The number of hydrogen-bond donors (Lipinski definition) is 2. The molecule has 0 aromatic rings. The number of unbranched alkanes of at least 4 members (excludes halogenated alkanes) is 39. The SMILES string of the molecule is CCCCC/C=C\C/C=C\CCCCCCCCCCCC(=O)OC(COC(=O)CCCCCCCCCCCCCCCCCCCCC/C=C\CCCCCCCCCC)COP(=O)(O)OCCN. The lowest BCUT2D eigenvalue weighted by Crippen LogP contribution is -2.29. The summed E-state index contributed by atoms with van der Waals surface area (Å²) in [6.45, 7) is 3.76.